The third-order valence-corrected chi connectivity index (χ3v) is 4.23. The summed E-state index contributed by atoms with van der Waals surface area (Å²) in [5, 5.41) is 12.7. The zero-order chi connectivity index (χ0) is 15.8. The number of nitrogens with one attached hydrogen (secondary N) is 4. The average Bonchev–Trinajstić information content (AvgIpc) is 2.90. The molecule has 2 aliphatic heterocycles. The number of nitrogens with two attached hydrogens (primary N) is 1. The number of carbonyl (C=O) groups is 2. The molecule has 2 aliphatic rings. The van der Waals surface area contributed by atoms with Crippen molar-refractivity contribution < 1.29 is 9.59 Å². The first-order valence-electron chi connectivity index (χ1n) is 8.08. The second kappa shape index (κ2) is 22.2. The number of carbonyl (C=O) groups excluding carboxylic acids is 2. The summed E-state index contributed by atoms with van der Waals surface area (Å²) in [5.41, 5.74) is 5.40. The molecule has 0 aromatic rings. The van der Waals surface area contributed by atoms with Gasteiger partial charge in [0.1, 0.15) is 0 Å². The Morgan fingerprint density at radius 1 is 0.857 bits per heavy atom. The summed E-state index contributed by atoms with van der Waals surface area (Å²) in [6, 6.07) is 0. The molecular formula is C14H34Cl6N6O2. The van der Waals surface area contributed by atoms with Crippen molar-refractivity contribution in [2.45, 2.75) is 0 Å². The maximum Gasteiger partial charge on any atom is 0.225 e. The first-order chi connectivity index (χ1) is 10.7. The molecule has 0 spiro atoms. The van der Waals surface area contributed by atoms with E-state index in [9.17, 15) is 9.59 Å². The Labute approximate surface area is 204 Å². The van der Waals surface area contributed by atoms with Gasteiger partial charge in [0, 0.05) is 65.4 Å². The number of halogens is 6. The second-order valence-corrected chi connectivity index (χ2v) is 6.00. The van der Waals surface area contributed by atoms with Gasteiger partial charge in [0.15, 0.2) is 0 Å². The highest BCUT2D eigenvalue weighted by Crippen LogP contribution is 2.03. The zero-order valence-electron chi connectivity index (χ0n) is 15.5. The lowest BCUT2D eigenvalue weighted by atomic mass is 10.1. The molecule has 6 N–H and O–H groups in total. The van der Waals surface area contributed by atoms with E-state index in [0.29, 0.717) is 19.6 Å². The summed E-state index contributed by atoms with van der Waals surface area (Å²) in [6.45, 7) is 7.58. The van der Waals surface area contributed by atoms with Crippen molar-refractivity contribution in [3.05, 3.63) is 0 Å². The third-order valence-electron chi connectivity index (χ3n) is 4.23. The molecule has 0 saturated carbocycles. The van der Waals surface area contributed by atoms with Crippen molar-refractivity contribution in [2.75, 3.05) is 65.4 Å². The Bertz CT molecular complexity index is 391. The third kappa shape index (κ3) is 14.5. The van der Waals surface area contributed by atoms with E-state index in [1.165, 1.54) is 0 Å². The predicted molar refractivity (Wildman–Crippen MR) is 128 cm³/mol. The molecular weight excluding hydrogens is 497 g/mol. The first kappa shape index (κ1) is 39.0. The van der Waals surface area contributed by atoms with Crippen molar-refractivity contribution in [3.8, 4) is 0 Å². The van der Waals surface area contributed by atoms with E-state index in [-0.39, 0.29) is 98.1 Å². The normalized spacial score (nSPS) is 19.8. The van der Waals surface area contributed by atoms with Crippen LogP contribution in [-0.2, 0) is 9.59 Å². The van der Waals surface area contributed by atoms with Gasteiger partial charge in [-0.3, -0.25) is 14.5 Å². The van der Waals surface area contributed by atoms with Crippen LogP contribution in [-0.4, -0.2) is 82.2 Å². The van der Waals surface area contributed by atoms with Crippen LogP contribution in [0.15, 0.2) is 0 Å². The molecule has 0 aromatic heterocycles. The number of nitrogens with zero attached hydrogens (tertiary/aromatic N) is 1. The largest absolute Gasteiger partial charge is 0.369 e. The van der Waals surface area contributed by atoms with E-state index in [4.69, 9.17) is 5.73 Å². The molecule has 174 valence electrons. The van der Waals surface area contributed by atoms with Gasteiger partial charge in [-0.15, -0.1) is 74.4 Å². The molecule has 0 aliphatic carbocycles. The first-order valence-corrected chi connectivity index (χ1v) is 8.08. The molecule has 2 amide bonds. The molecule has 0 radical (unpaired) electrons. The van der Waals surface area contributed by atoms with Crippen LogP contribution in [0.4, 0.5) is 0 Å². The fourth-order valence-corrected chi connectivity index (χ4v) is 2.84. The summed E-state index contributed by atoms with van der Waals surface area (Å²) in [7, 11) is 0. The fraction of sp³-hybridized carbons (Fsp3) is 0.857. The molecule has 2 saturated heterocycles. The van der Waals surface area contributed by atoms with Crippen LogP contribution >= 0.6 is 74.4 Å². The van der Waals surface area contributed by atoms with Crippen molar-refractivity contribution in [1.29, 1.82) is 0 Å². The molecule has 28 heavy (non-hydrogen) atoms. The van der Waals surface area contributed by atoms with Gasteiger partial charge in [-0.05, 0) is 0 Å². The zero-order valence-corrected chi connectivity index (χ0v) is 20.4. The molecule has 14 heteroatoms. The van der Waals surface area contributed by atoms with Crippen LogP contribution in [0.3, 0.4) is 0 Å². The van der Waals surface area contributed by atoms with Crippen molar-refractivity contribution >= 4 is 86.3 Å². The van der Waals surface area contributed by atoms with Gasteiger partial charge in [-0.25, -0.2) is 0 Å². The van der Waals surface area contributed by atoms with Gasteiger partial charge >= 0.3 is 0 Å². The lowest BCUT2D eigenvalue weighted by molar-refractivity contribution is -0.125. The van der Waals surface area contributed by atoms with E-state index < -0.39 is 0 Å². The SMILES string of the molecule is Cl.Cl.Cl.Cl.Cl.Cl.NC(=O)C1CNCCN(CCNC(=O)C2CNCCNC2)C1. The summed E-state index contributed by atoms with van der Waals surface area (Å²) in [4.78, 5) is 25.7. The minimum Gasteiger partial charge on any atom is -0.369 e. The van der Waals surface area contributed by atoms with Gasteiger partial charge in [0.05, 0.1) is 11.8 Å². The highest BCUT2D eigenvalue weighted by atomic mass is 35.5. The number of primary amides is 1. The van der Waals surface area contributed by atoms with Crippen LogP contribution in [0.25, 0.3) is 0 Å². The molecule has 2 heterocycles. The summed E-state index contributed by atoms with van der Waals surface area (Å²) >= 11 is 0. The molecule has 1 atom stereocenters. The van der Waals surface area contributed by atoms with Crippen molar-refractivity contribution in [2.24, 2.45) is 17.6 Å². The summed E-state index contributed by atoms with van der Waals surface area (Å²) < 4.78 is 0. The van der Waals surface area contributed by atoms with Crippen LogP contribution in [0, 0.1) is 11.8 Å². The lowest BCUT2D eigenvalue weighted by Gasteiger charge is -2.23. The molecule has 2 fully saturated rings. The van der Waals surface area contributed by atoms with Crippen LogP contribution in [0.2, 0.25) is 0 Å². The number of hydrogen-bond donors (Lipinski definition) is 5. The smallest absolute Gasteiger partial charge is 0.225 e. The Morgan fingerprint density at radius 3 is 1.89 bits per heavy atom. The number of hydrogen-bond acceptors (Lipinski definition) is 6. The highest BCUT2D eigenvalue weighted by Gasteiger charge is 2.23. The van der Waals surface area contributed by atoms with E-state index in [0.717, 1.165) is 45.8 Å². The predicted octanol–water partition coefficient (Wildman–Crippen LogP) is -0.551. The molecule has 0 bridgehead atoms. The number of amides is 2. The van der Waals surface area contributed by atoms with Crippen LogP contribution in [0.1, 0.15) is 0 Å². The number of rotatable bonds is 5. The Morgan fingerprint density at radius 2 is 1.36 bits per heavy atom. The monoisotopic (exact) mass is 528 g/mol. The summed E-state index contributed by atoms with van der Waals surface area (Å²) in [6.07, 6.45) is 0. The van der Waals surface area contributed by atoms with Gasteiger partial charge in [-0.2, -0.15) is 0 Å². The lowest BCUT2D eigenvalue weighted by Crippen LogP contribution is -2.44. The molecule has 2 rings (SSSR count). The van der Waals surface area contributed by atoms with Crippen molar-refractivity contribution in [1.82, 2.24) is 26.2 Å². The summed E-state index contributed by atoms with van der Waals surface area (Å²) in [5.74, 6) is -0.361. The van der Waals surface area contributed by atoms with E-state index in [2.05, 4.69) is 26.2 Å². The maximum absolute atomic E-state index is 12.1. The second-order valence-electron chi connectivity index (χ2n) is 6.00. The Kier molecular flexibility index (Phi) is 31.0. The van der Waals surface area contributed by atoms with Gasteiger partial charge < -0.3 is 27.0 Å². The van der Waals surface area contributed by atoms with Crippen molar-refractivity contribution in [3.63, 3.8) is 0 Å². The quantitative estimate of drug-likeness (QED) is 0.326. The van der Waals surface area contributed by atoms with E-state index in [1.807, 2.05) is 0 Å². The minimum absolute atomic E-state index is 0. The Hall–Kier alpha value is 0.520. The Balaban J connectivity index is -0.000000294. The average molecular weight is 531 g/mol. The maximum atomic E-state index is 12.1. The minimum atomic E-state index is -0.265. The molecule has 0 aromatic carbocycles. The highest BCUT2D eigenvalue weighted by molar-refractivity contribution is 5.86. The van der Waals surface area contributed by atoms with E-state index in [1.54, 1.807) is 0 Å². The molecule has 8 nitrogen and oxygen atoms in total. The topological polar surface area (TPSA) is 112 Å². The van der Waals surface area contributed by atoms with Gasteiger partial charge in [-0.1, -0.05) is 0 Å². The standard InChI is InChI=1S/C14H28N6O2.6ClH/c15-13(21)12-9-18-3-5-20(10-12)6-4-19-14(22)11-7-16-1-2-17-8-11;;;;;;/h11-12,16-18H,1-10H2,(H2,15,21)(H,19,22);6*1H. The fourth-order valence-electron chi connectivity index (χ4n) is 2.84. The van der Waals surface area contributed by atoms with Gasteiger partial charge in [0.2, 0.25) is 11.8 Å². The van der Waals surface area contributed by atoms with Gasteiger partial charge in [0.25, 0.3) is 0 Å². The molecule has 1 unspecified atom stereocenters. The van der Waals surface area contributed by atoms with Crippen LogP contribution < -0.4 is 27.0 Å². The van der Waals surface area contributed by atoms with Crippen LogP contribution in [0.5, 0.6) is 0 Å². The van der Waals surface area contributed by atoms with E-state index >= 15 is 0 Å².